The molecule has 1 aliphatic carbocycles. The lowest BCUT2D eigenvalue weighted by Crippen LogP contribution is -2.31. The fraction of sp³-hybridized carbons (Fsp3) is 0.222. The van der Waals surface area contributed by atoms with Crippen molar-refractivity contribution < 1.29 is 44.8 Å². The number of anilines is 3. The van der Waals surface area contributed by atoms with Crippen molar-refractivity contribution in [2.45, 2.75) is 16.4 Å². The number of sulfone groups is 1. The maximum absolute atomic E-state index is 15.1. The molecule has 1 saturated carbocycles. The average Bonchev–Trinajstić information content (AvgIpc) is 3.50. The third kappa shape index (κ3) is 8.33. The van der Waals surface area contributed by atoms with Crippen LogP contribution in [0.1, 0.15) is 21.8 Å². The summed E-state index contributed by atoms with van der Waals surface area (Å²) in [6.45, 7) is 0. The van der Waals surface area contributed by atoms with Crippen LogP contribution >= 0.6 is 58.0 Å². The van der Waals surface area contributed by atoms with Crippen molar-refractivity contribution in [2.75, 3.05) is 27.5 Å². The van der Waals surface area contributed by atoms with Crippen LogP contribution < -0.4 is 16.0 Å². The van der Waals surface area contributed by atoms with Gasteiger partial charge >= 0.3 is 6.18 Å². The van der Waals surface area contributed by atoms with Gasteiger partial charge < -0.3 is 16.0 Å². The van der Waals surface area contributed by atoms with Crippen LogP contribution in [-0.4, -0.2) is 48.2 Å². The highest BCUT2D eigenvalue weighted by Crippen LogP contribution is 2.65. The van der Waals surface area contributed by atoms with Crippen molar-refractivity contribution in [3.63, 3.8) is 0 Å². The van der Waals surface area contributed by atoms with Crippen molar-refractivity contribution in [1.82, 2.24) is 0 Å². The first-order chi connectivity index (χ1) is 21.2. The number of alkyl halides is 5. The highest BCUT2D eigenvalue weighted by molar-refractivity contribution is 7.92. The Bertz CT molecular complexity index is 1860. The van der Waals surface area contributed by atoms with E-state index in [9.17, 15) is 40.4 Å². The molecule has 0 aromatic heterocycles. The van der Waals surface area contributed by atoms with E-state index in [-0.39, 0.29) is 26.3 Å². The summed E-state index contributed by atoms with van der Waals surface area (Å²) in [5.74, 6) is -12.0. The summed E-state index contributed by atoms with van der Waals surface area (Å²) in [5.41, 5.74) is -1.65. The quantitative estimate of drug-likeness (QED) is 0.153. The van der Waals surface area contributed by atoms with Gasteiger partial charge in [0.15, 0.2) is 15.7 Å². The molecule has 0 saturated heterocycles. The van der Waals surface area contributed by atoms with Gasteiger partial charge in [-0.25, -0.2) is 17.2 Å². The maximum Gasteiger partial charge on any atom is 0.402 e. The second kappa shape index (κ2) is 13.3. The molecule has 4 rings (SSSR count). The minimum Gasteiger partial charge on any atom is -0.326 e. The summed E-state index contributed by atoms with van der Waals surface area (Å²) < 4.78 is 88.4. The number of nitrogens with one attached hydrogen (secondary N) is 3. The molecule has 3 N–H and O–H groups in total. The standard InChI is InChI=1S/C27H17Cl5F5N3O5S/c28-14-4-2-12(38-25(43)21-20(27(21,31)32)11-1-3-15(29)16(30)7-11)8-13(14)24(42)39-18-6-5-17(33)23(22(18)34)40-19(41)9-46(44,45)10-26(35,36)37/h1-8,20-21H,9-10H2,(H,38,43)(H,39,42)(H,40,41)/t20-,21+/m0/s1. The van der Waals surface area contributed by atoms with Gasteiger partial charge in [0.1, 0.15) is 27.3 Å². The molecule has 3 aromatic carbocycles. The van der Waals surface area contributed by atoms with E-state index in [1.54, 1.807) is 11.4 Å². The van der Waals surface area contributed by atoms with Gasteiger partial charge in [-0.2, -0.15) is 13.2 Å². The molecule has 3 amide bonds. The molecule has 1 fully saturated rings. The molecule has 0 heterocycles. The summed E-state index contributed by atoms with van der Waals surface area (Å²) >= 11 is 30.9. The fourth-order valence-corrected chi connectivity index (χ4v) is 6.81. The number of amides is 3. The highest BCUT2D eigenvalue weighted by atomic mass is 35.5. The second-order valence-electron chi connectivity index (χ2n) is 9.92. The highest BCUT2D eigenvalue weighted by Gasteiger charge is 2.67. The van der Waals surface area contributed by atoms with E-state index < -0.39 is 84.4 Å². The molecule has 1 aliphatic rings. The Morgan fingerprint density at radius 3 is 2.13 bits per heavy atom. The van der Waals surface area contributed by atoms with E-state index in [0.717, 1.165) is 12.1 Å². The van der Waals surface area contributed by atoms with Crippen LogP contribution in [0.5, 0.6) is 0 Å². The van der Waals surface area contributed by atoms with Gasteiger partial charge in [0.05, 0.1) is 32.2 Å². The van der Waals surface area contributed by atoms with Gasteiger partial charge in [-0.3, -0.25) is 14.4 Å². The Hall–Kier alpha value is -2.88. The lowest BCUT2D eigenvalue weighted by atomic mass is 10.1. The molecule has 19 heteroatoms. The van der Waals surface area contributed by atoms with Crippen molar-refractivity contribution in [1.29, 1.82) is 0 Å². The molecule has 0 spiro atoms. The van der Waals surface area contributed by atoms with Crippen LogP contribution in [0.25, 0.3) is 0 Å². The van der Waals surface area contributed by atoms with Crippen LogP contribution in [0.15, 0.2) is 48.5 Å². The lowest BCUT2D eigenvalue weighted by molar-refractivity contribution is -0.117. The van der Waals surface area contributed by atoms with Crippen LogP contribution in [0.2, 0.25) is 15.1 Å². The van der Waals surface area contributed by atoms with Crippen LogP contribution in [0.4, 0.5) is 39.0 Å². The Labute approximate surface area is 282 Å². The van der Waals surface area contributed by atoms with Gasteiger partial charge in [0.25, 0.3) is 5.91 Å². The Morgan fingerprint density at radius 2 is 1.50 bits per heavy atom. The first-order valence-electron chi connectivity index (χ1n) is 12.5. The van der Waals surface area contributed by atoms with Crippen LogP contribution in [0, 0.1) is 17.6 Å². The zero-order valence-electron chi connectivity index (χ0n) is 22.4. The number of benzene rings is 3. The molecule has 46 heavy (non-hydrogen) atoms. The molecule has 3 aromatic rings. The first-order valence-corrected chi connectivity index (χ1v) is 16.2. The number of carbonyl (C=O) groups excluding carboxylic acids is 3. The third-order valence-electron chi connectivity index (χ3n) is 6.46. The third-order valence-corrected chi connectivity index (χ3v) is 9.93. The topological polar surface area (TPSA) is 121 Å². The normalized spacial score (nSPS) is 17.3. The minimum atomic E-state index is -5.15. The predicted octanol–water partition coefficient (Wildman–Crippen LogP) is 7.62. The van der Waals surface area contributed by atoms with Gasteiger partial charge in [-0.15, -0.1) is 23.2 Å². The Kier molecular flexibility index (Phi) is 10.4. The van der Waals surface area contributed by atoms with Gasteiger partial charge in [0, 0.05) is 11.6 Å². The second-order valence-corrected chi connectivity index (χ2v) is 14.7. The molecule has 0 bridgehead atoms. The summed E-state index contributed by atoms with van der Waals surface area (Å²) in [7, 11) is -5.02. The largest absolute Gasteiger partial charge is 0.402 e. The summed E-state index contributed by atoms with van der Waals surface area (Å²) in [4.78, 5) is 38.1. The Balaban J connectivity index is 1.48. The van der Waals surface area contributed by atoms with Crippen LogP contribution in [0.3, 0.4) is 0 Å². The van der Waals surface area contributed by atoms with Crippen molar-refractivity contribution >= 4 is 103 Å². The SMILES string of the molecule is O=C(CS(=O)(=O)CC(F)(F)F)Nc1c(F)ccc(NC(=O)c2cc(NC(=O)[C@H]3[C@H](c4ccc(Cl)c(Cl)c4)C3(Cl)Cl)ccc2Cl)c1F. The van der Waals surface area contributed by atoms with E-state index in [4.69, 9.17) is 58.0 Å². The summed E-state index contributed by atoms with van der Waals surface area (Å²) in [5, 5.41) is 6.56. The molecule has 0 unspecified atom stereocenters. The molecule has 0 aliphatic heterocycles. The number of rotatable bonds is 9. The maximum atomic E-state index is 15.1. The molecule has 0 radical (unpaired) electrons. The minimum absolute atomic E-state index is 0.0519. The van der Waals surface area contributed by atoms with Crippen molar-refractivity contribution in [2.24, 2.45) is 5.92 Å². The van der Waals surface area contributed by atoms with Gasteiger partial charge in [-0.1, -0.05) is 40.9 Å². The average molecular weight is 768 g/mol. The molecular weight excluding hydrogens is 751 g/mol. The zero-order chi connectivity index (χ0) is 34.4. The lowest BCUT2D eigenvalue weighted by Gasteiger charge is -2.14. The predicted molar refractivity (Wildman–Crippen MR) is 165 cm³/mol. The number of halogens is 10. The van der Waals surface area contributed by atoms with E-state index in [0.29, 0.717) is 11.6 Å². The van der Waals surface area contributed by atoms with Gasteiger partial charge in [0.2, 0.25) is 11.8 Å². The fourth-order valence-electron chi connectivity index (χ4n) is 4.40. The van der Waals surface area contributed by atoms with E-state index in [1.165, 1.54) is 24.3 Å². The summed E-state index contributed by atoms with van der Waals surface area (Å²) in [6.07, 6.45) is -5.15. The van der Waals surface area contributed by atoms with Crippen LogP contribution in [-0.2, 0) is 19.4 Å². The zero-order valence-corrected chi connectivity index (χ0v) is 27.0. The monoisotopic (exact) mass is 765 g/mol. The number of hydrogen-bond donors (Lipinski definition) is 3. The molecular formula is C27H17Cl5F5N3O5S. The van der Waals surface area contributed by atoms with E-state index in [1.807, 2.05) is 0 Å². The molecule has 8 nitrogen and oxygen atoms in total. The number of hydrogen-bond acceptors (Lipinski definition) is 5. The smallest absolute Gasteiger partial charge is 0.326 e. The molecule has 246 valence electrons. The first kappa shape index (κ1) is 36.0. The van der Waals surface area contributed by atoms with Crippen molar-refractivity contribution in [3.05, 3.63) is 86.4 Å². The van der Waals surface area contributed by atoms with E-state index >= 15 is 4.39 Å². The number of carbonyl (C=O) groups is 3. The van der Waals surface area contributed by atoms with E-state index in [2.05, 4.69) is 10.6 Å². The van der Waals surface area contributed by atoms with Gasteiger partial charge in [-0.05, 0) is 48.0 Å². The Morgan fingerprint density at radius 1 is 0.848 bits per heavy atom. The van der Waals surface area contributed by atoms with Crippen molar-refractivity contribution in [3.8, 4) is 0 Å². The molecule has 2 atom stereocenters. The summed E-state index contributed by atoms with van der Waals surface area (Å²) in [6, 6.07) is 9.71.